The Labute approximate surface area is 114 Å². The van der Waals surface area contributed by atoms with Crippen LogP contribution in [0, 0.1) is 0 Å². The van der Waals surface area contributed by atoms with Crippen LogP contribution in [0.15, 0.2) is 6.07 Å². The largest absolute Gasteiger partial charge is 0.507 e. The third-order valence-electron chi connectivity index (χ3n) is 4.71. The highest BCUT2D eigenvalue weighted by atomic mass is 16.5. The zero-order valence-corrected chi connectivity index (χ0v) is 11.7. The molecule has 19 heavy (non-hydrogen) atoms. The molecule has 2 N–H and O–H groups in total. The Morgan fingerprint density at radius 3 is 2.58 bits per heavy atom. The van der Waals surface area contributed by atoms with Gasteiger partial charge in [-0.3, -0.25) is 0 Å². The fourth-order valence-electron chi connectivity index (χ4n) is 3.46. The van der Waals surface area contributed by atoms with Crippen LogP contribution in [0.5, 0.6) is 11.5 Å². The standard InChI is InChI=1S/C16H22O3/c1-3-10-8-13-14(11(4-2)15(10)18)12(17)9-16(19-13)6-5-7-16/h8,12,17-18H,3-7,9H2,1-2H3. The van der Waals surface area contributed by atoms with Crippen LogP contribution in [0.4, 0.5) is 0 Å². The van der Waals surface area contributed by atoms with Crippen LogP contribution in [0.25, 0.3) is 0 Å². The summed E-state index contributed by atoms with van der Waals surface area (Å²) in [6.07, 6.45) is 4.91. The molecule has 3 rings (SSSR count). The first-order valence-corrected chi connectivity index (χ1v) is 7.35. The molecule has 1 aromatic rings. The van der Waals surface area contributed by atoms with Crippen LogP contribution in [0.1, 0.15) is 62.3 Å². The lowest BCUT2D eigenvalue weighted by atomic mass is 9.73. The lowest BCUT2D eigenvalue weighted by molar-refractivity contribution is -0.0668. The van der Waals surface area contributed by atoms with E-state index < -0.39 is 6.10 Å². The third kappa shape index (κ3) is 1.83. The molecule has 1 saturated carbocycles. The van der Waals surface area contributed by atoms with Gasteiger partial charge in [0.1, 0.15) is 17.1 Å². The first-order valence-electron chi connectivity index (χ1n) is 7.35. The van der Waals surface area contributed by atoms with E-state index >= 15 is 0 Å². The molecular formula is C16H22O3. The van der Waals surface area contributed by atoms with E-state index in [0.29, 0.717) is 12.2 Å². The Balaban J connectivity index is 2.12. The molecule has 0 amide bonds. The Morgan fingerprint density at radius 2 is 2.05 bits per heavy atom. The van der Waals surface area contributed by atoms with Crippen molar-refractivity contribution in [2.75, 3.05) is 0 Å². The summed E-state index contributed by atoms with van der Waals surface area (Å²) in [5.74, 6) is 1.14. The first-order chi connectivity index (χ1) is 9.10. The van der Waals surface area contributed by atoms with Crippen molar-refractivity contribution >= 4 is 0 Å². The van der Waals surface area contributed by atoms with Crippen LogP contribution in [0.2, 0.25) is 0 Å². The number of hydrogen-bond acceptors (Lipinski definition) is 3. The highest BCUT2D eigenvalue weighted by Crippen LogP contribution is 2.51. The molecule has 0 radical (unpaired) electrons. The number of benzene rings is 1. The number of aliphatic hydroxyl groups is 1. The van der Waals surface area contributed by atoms with Crippen LogP contribution < -0.4 is 4.74 Å². The quantitative estimate of drug-likeness (QED) is 0.860. The van der Waals surface area contributed by atoms with E-state index in [1.807, 2.05) is 19.9 Å². The van der Waals surface area contributed by atoms with Gasteiger partial charge in [-0.1, -0.05) is 13.8 Å². The third-order valence-corrected chi connectivity index (χ3v) is 4.71. The molecule has 1 fully saturated rings. The zero-order chi connectivity index (χ0) is 13.6. The SMILES string of the molecule is CCc1cc2c(c(CC)c1O)C(O)CC1(CCC1)O2. The summed E-state index contributed by atoms with van der Waals surface area (Å²) in [7, 11) is 0. The Kier molecular flexibility index (Phi) is 2.97. The van der Waals surface area contributed by atoms with E-state index in [2.05, 4.69) is 0 Å². The van der Waals surface area contributed by atoms with Crippen molar-refractivity contribution in [2.45, 2.75) is 64.1 Å². The fraction of sp³-hybridized carbons (Fsp3) is 0.625. The number of phenols is 1. The molecular weight excluding hydrogens is 240 g/mol. The molecule has 1 aliphatic carbocycles. The summed E-state index contributed by atoms with van der Waals surface area (Å²) in [5.41, 5.74) is 2.45. The molecule has 1 heterocycles. The second-order valence-electron chi connectivity index (χ2n) is 5.84. The average Bonchev–Trinajstić information content (AvgIpc) is 2.36. The van der Waals surface area contributed by atoms with Crippen molar-refractivity contribution in [2.24, 2.45) is 0 Å². The molecule has 0 bridgehead atoms. The molecule has 1 spiro atoms. The van der Waals surface area contributed by atoms with Gasteiger partial charge in [-0.15, -0.1) is 0 Å². The smallest absolute Gasteiger partial charge is 0.126 e. The summed E-state index contributed by atoms with van der Waals surface area (Å²) < 4.78 is 6.19. The minimum atomic E-state index is -0.504. The van der Waals surface area contributed by atoms with Crippen molar-refractivity contribution in [3.05, 3.63) is 22.8 Å². The molecule has 1 aromatic carbocycles. The monoisotopic (exact) mass is 262 g/mol. The summed E-state index contributed by atoms with van der Waals surface area (Å²) in [6, 6.07) is 1.92. The van der Waals surface area contributed by atoms with E-state index in [9.17, 15) is 10.2 Å². The fourth-order valence-corrected chi connectivity index (χ4v) is 3.46. The number of aromatic hydroxyl groups is 1. The second kappa shape index (κ2) is 4.41. The molecule has 2 aliphatic rings. The molecule has 0 saturated heterocycles. The molecule has 1 atom stereocenters. The first kappa shape index (κ1) is 12.8. The van der Waals surface area contributed by atoms with Gasteiger partial charge in [0.05, 0.1) is 6.10 Å². The highest BCUT2D eigenvalue weighted by Gasteiger charge is 2.46. The lowest BCUT2D eigenvalue weighted by Crippen LogP contribution is -2.47. The predicted octanol–water partition coefficient (Wildman–Crippen LogP) is 3.26. The van der Waals surface area contributed by atoms with Gasteiger partial charge in [0.2, 0.25) is 0 Å². The van der Waals surface area contributed by atoms with Crippen molar-refractivity contribution in [3.63, 3.8) is 0 Å². The minimum Gasteiger partial charge on any atom is -0.507 e. The average molecular weight is 262 g/mol. The maximum atomic E-state index is 10.5. The summed E-state index contributed by atoms with van der Waals surface area (Å²) in [6.45, 7) is 4.04. The van der Waals surface area contributed by atoms with E-state index in [0.717, 1.165) is 48.1 Å². The number of rotatable bonds is 2. The van der Waals surface area contributed by atoms with Gasteiger partial charge in [-0.25, -0.2) is 0 Å². The lowest BCUT2D eigenvalue weighted by Gasteiger charge is -2.47. The van der Waals surface area contributed by atoms with Crippen molar-refractivity contribution in [1.82, 2.24) is 0 Å². The van der Waals surface area contributed by atoms with E-state index in [1.54, 1.807) is 0 Å². The molecule has 3 heteroatoms. The summed E-state index contributed by atoms with van der Waals surface area (Å²) in [5, 5.41) is 20.8. The van der Waals surface area contributed by atoms with Gasteiger partial charge in [-0.05, 0) is 43.7 Å². The second-order valence-corrected chi connectivity index (χ2v) is 5.84. The Morgan fingerprint density at radius 1 is 1.32 bits per heavy atom. The summed E-state index contributed by atoms with van der Waals surface area (Å²) >= 11 is 0. The number of ether oxygens (including phenoxy) is 1. The molecule has 3 nitrogen and oxygen atoms in total. The van der Waals surface area contributed by atoms with Crippen LogP contribution in [-0.4, -0.2) is 15.8 Å². The highest BCUT2D eigenvalue weighted by molar-refractivity contribution is 5.55. The van der Waals surface area contributed by atoms with E-state index in [1.165, 1.54) is 6.42 Å². The van der Waals surface area contributed by atoms with Crippen molar-refractivity contribution in [1.29, 1.82) is 0 Å². The topological polar surface area (TPSA) is 49.7 Å². The number of phenolic OH excluding ortho intramolecular Hbond substituents is 1. The molecule has 104 valence electrons. The number of fused-ring (bicyclic) bond motifs is 1. The maximum Gasteiger partial charge on any atom is 0.126 e. The van der Waals surface area contributed by atoms with Crippen molar-refractivity contribution < 1.29 is 14.9 Å². The van der Waals surface area contributed by atoms with Crippen LogP contribution in [0.3, 0.4) is 0 Å². The van der Waals surface area contributed by atoms with Gasteiger partial charge in [0.15, 0.2) is 0 Å². The van der Waals surface area contributed by atoms with E-state index in [-0.39, 0.29) is 5.60 Å². The van der Waals surface area contributed by atoms with Gasteiger partial charge >= 0.3 is 0 Å². The van der Waals surface area contributed by atoms with Gasteiger partial charge < -0.3 is 14.9 Å². The number of aryl methyl sites for hydroxylation is 1. The Bertz CT molecular complexity index is 503. The number of aliphatic hydroxyl groups excluding tert-OH is 1. The molecule has 1 unspecified atom stereocenters. The van der Waals surface area contributed by atoms with Gasteiger partial charge in [-0.2, -0.15) is 0 Å². The summed E-state index contributed by atoms with van der Waals surface area (Å²) in [4.78, 5) is 0. The van der Waals surface area contributed by atoms with Crippen LogP contribution >= 0.6 is 0 Å². The molecule has 1 aliphatic heterocycles. The normalized spacial score (nSPS) is 23.6. The Hall–Kier alpha value is -1.22. The minimum absolute atomic E-state index is 0.139. The number of hydrogen-bond donors (Lipinski definition) is 2. The van der Waals surface area contributed by atoms with Gasteiger partial charge in [0, 0.05) is 17.5 Å². The van der Waals surface area contributed by atoms with E-state index in [4.69, 9.17) is 4.74 Å². The van der Waals surface area contributed by atoms with Gasteiger partial charge in [0.25, 0.3) is 0 Å². The van der Waals surface area contributed by atoms with Crippen LogP contribution in [-0.2, 0) is 12.8 Å². The maximum absolute atomic E-state index is 10.5. The molecule has 0 aromatic heterocycles. The predicted molar refractivity (Wildman–Crippen MR) is 73.6 cm³/mol. The zero-order valence-electron chi connectivity index (χ0n) is 11.7. The van der Waals surface area contributed by atoms with Crippen molar-refractivity contribution in [3.8, 4) is 11.5 Å².